The smallest absolute Gasteiger partial charge is 0.348 e. The number of aromatic nitrogens is 2. The lowest BCUT2D eigenvalue weighted by Gasteiger charge is -1.99. The highest BCUT2D eigenvalue weighted by molar-refractivity contribution is 7.18. The fourth-order valence-corrected chi connectivity index (χ4v) is 2.59. The molecule has 2 aromatic rings. The van der Waals surface area contributed by atoms with E-state index in [0.717, 1.165) is 24.2 Å². The summed E-state index contributed by atoms with van der Waals surface area (Å²) in [5.74, 6) is -1.21. The van der Waals surface area contributed by atoms with Crippen molar-refractivity contribution in [2.45, 2.75) is 26.2 Å². The van der Waals surface area contributed by atoms with E-state index in [1.807, 2.05) is 6.92 Å². The van der Waals surface area contributed by atoms with Gasteiger partial charge in [-0.25, -0.2) is 9.78 Å². The largest absolute Gasteiger partial charge is 0.477 e. The number of carbonyl (C=O) groups is 2. The maximum Gasteiger partial charge on any atom is 0.348 e. The van der Waals surface area contributed by atoms with Crippen molar-refractivity contribution in [3.63, 3.8) is 0 Å². The maximum atomic E-state index is 11.7. The second-order valence-electron chi connectivity index (χ2n) is 4.39. The van der Waals surface area contributed by atoms with Crippen molar-refractivity contribution in [1.29, 1.82) is 0 Å². The van der Waals surface area contributed by atoms with Crippen molar-refractivity contribution in [2.75, 3.05) is 5.32 Å². The first-order valence-corrected chi connectivity index (χ1v) is 7.37. The van der Waals surface area contributed by atoms with Gasteiger partial charge in [-0.05, 0) is 18.6 Å². The van der Waals surface area contributed by atoms with Crippen molar-refractivity contribution < 1.29 is 14.7 Å². The lowest BCUT2D eigenvalue weighted by atomic mass is 10.2. The first kappa shape index (κ1) is 15.1. The highest BCUT2D eigenvalue weighted by Gasteiger charge is 2.19. The van der Waals surface area contributed by atoms with E-state index in [-0.39, 0.29) is 10.8 Å². The number of carbonyl (C=O) groups excluding carboxylic acids is 1. The first-order valence-electron chi connectivity index (χ1n) is 6.56. The van der Waals surface area contributed by atoms with E-state index in [9.17, 15) is 14.7 Å². The van der Waals surface area contributed by atoms with Crippen LogP contribution < -0.4 is 5.32 Å². The molecule has 0 bridgehead atoms. The summed E-state index contributed by atoms with van der Waals surface area (Å²) in [5, 5.41) is 12.2. The van der Waals surface area contributed by atoms with Crippen LogP contribution in [0.5, 0.6) is 0 Å². The molecular formula is C14H15N3O3S. The van der Waals surface area contributed by atoms with E-state index in [1.165, 1.54) is 0 Å². The molecule has 0 saturated carbocycles. The minimum absolute atomic E-state index is 0.104. The van der Waals surface area contributed by atoms with Crippen LogP contribution in [0.4, 0.5) is 5.13 Å². The number of aromatic carboxylic acids is 1. The van der Waals surface area contributed by atoms with E-state index in [2.05, 4.69) is 15.3 Å². The van der Waals surface area contributed by atoms with Crippen molar-refractivity contribution in [3.05, 3.63) is 29.4 Å². The lowest BCUT2D eigenvalue weighted by molar-refractivity contribution is -0.116. The SMILES string of the molecule is CCCCC(=O)Nc1nc(-c2ccncc2)c(C(=O)O)s1. The Morgan fingerprint density at radius 2 is 2.05 bits per heavy atom. The third-order valence-electron chi connectivity index (χ3n) is 2.78. The second kappa shape index (κ2) is 6.94. The standard InChI is InChI=1S/C14H15N3O3S/c1-2-3-4-10(18)16-14-17-11(12(21-14)13(19)20)9-5-7-15-8-6-9/h5-8H,2-4H2,1H3,(H,19,20)(H,16,17,18). The monoisotopic (exact) mass is 305 g/mol. The zero-order valence-corrected chi connectivity index (χ0v) is 12.3. The minimum Gasteiger partial charge on any atom is -0.477 e. The van der Waals surface area contributed by atoms with Gasteiger partial charge in [-0.2, -0.15) is 0 Å². The number of hydrogen-bond donors (Lipinski definition) is 2. The van der Waals surface area contributed by atoms with Gasteiger partial charge in [0, 0.05) is 24.4 Å². The van der Waals surface area contributed by atoms with Gasteiger partial charge in [-0.1, -0.05) is 24.7 Å². The van der Waals surface area contributed by atoms with Crippen molar-refractivity contribution in [3.8, 4) is 11.3 Å². The number of carboxylic acid groups (broad SMARTS) is 1. The number of nitrogens with one attached hydrogen (secondary N) is 1. The van der Waals surface area contributed by atoms with E-state index in [0.29, 0.717) is 22.8 Å². The number of hydrogen-bond acceptors (Lipinski definition) is 5. The van der Waals surface area contributed by atoms with Gasteiger partial charge in [0.2, 0.25) is 5.91 Å². The average molecular weight is 305 g/mol. The number of carboxylic acids is 1. The van der Waals surface area contributed by atoms with E-state index >= 15 is 0 Å². The van der Waals surface area contributed by atoms with E-state index in [4.69, 9.17) is 0 Å². The number of unbranched alkanes of at least 4 members (excludes halogenated alkanes) is 1. The fraction of sp³-hybridized carbons (Fsp3) is 0.286. The van der Waals surface area contributed by atoms with Crippen LogP contribution in [0.15, 0.2) is 24.5 Å². The number of nitrogens with zero attached hydrogens (tertiary/aromatic N) is 2. The van der Waals surface area contributed by atoms with Crippen LogP contribution in [-0.2, 0) is 4.79 Å². The highest BCUT2D eigenvalue weighted by atomic mass is 32.1. The normalized spacial score (nSPS) is 10.3. The summed E-state index contributed by atoms with van der Waals surface area (Å²) in [4.78, 5) is 31.2. The second-order valence-corrected chi connectivity index (χ2v) is 5.39. The maximum absolute atomic E-state index is 11.7. The molecule has 1 amide bonds. The molecule has 0 aliphatic rings. The molecule has 0 aliphatic heterocycles. The topological polar surface area (TPSA) is 92.2 Å². The van der Waals surface area contributed by atoms with E-state index in [1.54, 1.807) is 24.5 Å². The molecule has 0 radical (unpaired) electrons. The van der Waals surface area contributed by atoms with Crippen molar-refractivity contribution >= 4 is 28.3 Å². The zero-order valence-electron chi connectivity index (χ0n) is 11.5. The number of thiazole rings is 1. The zero-order chi connectivity index (χ0) is 15.2. The summed E-state index contributed by atoms with van der Waals surface area (Å²) in [5.41, 5.74) is 1.01. The van der Waals surface area contributed by atoms with Crippen LogP contribution in [0.2, 0.25) is 0 Å². The van der Waals surface area contributed by atoms with Crippen LogP contribution in [-0.4, -0.2) is 27.0 Å². The summed E-state index contributed by atoms with van der Waals surface area (Å²) >= 11 is 0.961. The third-order valence-corrected chi connectivity index (χ3v) is 3.74. The highest BCUT2D eigenvalue weighted by Crippen LogP contribution is 2.31. The molecule has 6 nitrogen and oxygen atoms in total. The molecule has 2 aromatic heterocycles. The third kappa shape index (κ3) is 3.85. The van der Waals surface area contributed by atoms with Gasteiger partial charge in [0.25, 0.3) is 0 Å². The molecule has 2 rings (SSSR count). The van der Waals surface area contributed by atoms with Gasteiger partial charge < -0.3 is 10.4 Å². The molecule has 2 N–H and O–H groups in total. The molecule has 0 saturated heterocycles. The summed E-state index contributed by atoms with van der Waals surface area (Å²) in [6.45, 7) is 2.00. The van der Waals surface area contributed by atoms with Gasteiger partial charge >= 0.3 is 5.97 Å². The molecule has 0 aromatic carbocycles. The fourth-order valence-electron chi connectivity index (χ4n) is 1.74. The van der Waals surface area contributed by atoms with Gasteiger partial charge in [0.1, 0.15) is 4.88 Å². The van der Waals surface area contributed by atoms with Crippen molar-refractivity contribution in [2.24, 2.45) is 0 Å². The van der Waals surface area contributed by atoms with Gasteiger partial charge in [-0.3, -0.25) is 9.78 Å². The number of anilines is 1. The molecule has 2 heterocycles. The summed E-state index contributed by atoms with van der Waals surface area (Å²) < 4.78 is 0. The van der Waals surface area contributed by atoms with Crippen LogP contribution in [0.1, 0.15) is 35.9 Å². The molecule has 0 fully saturated rings. The molecule has 0 spiro atoms. The Balaban J connectivity index is 2.26. The Kier molecular flexibility index (Phi) is 4.99. The number of rotatable bonds is 6. The molecule has 110 valence electrons. The van der Waals surface area contributed by atoms with Gasteiger partial charge in [0.15, 0.2) is 5.13 Å². The Morgan fingerprint density at radius 3 is 2.67 bits per heavy atom. The summed E-state index contributed by atoms with van der Waals surface area (Å²) in [7, 11) is 0. The number of pyridine rings is 1. The minimum atomic E-state index is -1.06. The van der Waals surface area contributed by atoms with Gasteiger partial charge in [-0.15, -0.1) is 0 Å². The molecular weight excluding hydrogens is 290 g/mol. The van der Waals surface area contributed by atoms with Crippen LogP contribution in [0.25, 0.3) is 11.3 Å². The summed E-state index contributed by atoms with van der Waals surface area (Å²) in [6.07, 6.45) is 5.26. The molecule has 0 aliphatic carbocycles. The molecule has 0 atom stereocenters. The van der Waals surface area contributed by atoms with Crippen LogP contribution in [0.3, 0.4) is 0 Å². The lowest BCUT2D eigenvalue weighted by Crippen LogP contribution is -2.10. The molecule has 0 unspecified atom stereocenters. The Hall–Kier alpha value is -2.28. The van der Waals surface area contributed by atoms with Crippen LogP contribution in [0, 0.1) is 0 Å². The number of amides is 1. The predicted octanol–water partition coefficient (Wildman–Crippen LogP) is 3.03. The predicted molar refractivity (Wildman–Crippen MR) is 80.5 cm³/mol. The quantitative estimate of drug-likeness (QED) is 0.855. The Bertz CT molecular complexity index is 640. The summed E-state index contributed by atoms with van der Waals surface area (Å²) in [6, 6.07) is 3.37. The Labute approximate surface area is 125 Å². The molecule has 21 heavy (non-hydrogen) atoms. The van der Waals surface area contributed by atoms with Crippen molar-refractivity contribution in [1.82, 2.24) is 9.97 Å². The van der Waals surface area contributed by atoms with Crippen LogP contribution >= 0.6 is 11.3 Å². The molecule has 7 heteroatoms. The van der Waals surface area contributed by atoms with Gasteiger partial charge in [0.05, 0.1) is 5.69 Å². The average Bonchev–Trinajstić information content (AvgIpc) is 2.90. The Morgan fingerprint density at radius 1 is 1.33 bits per heavy atom. The van der Waals surface area contributed by atoms with E-state index < -0.39 is 5.97 Å². The first-order chi connectivity index (χ1) is 10.1.